The minimum atomic E-state index is -0.871. The van der Waals surface area contributed by atoms with Crippen LogP contribution in [0.5, 0.6) is 0 Å². The average molecular weight is 172 g/mol. The van der Waals surface area contributed by atoms with Crippen LogP contribution >= 0.6 is 0 Å². The van der Waals surface area contributed by atoms with Gasteiger partial charge in [0.1, 0.15) is 5.60 Å². The summed E-state index contributed by atoms with van der Waals surface area (Å²) in [6.45, 7) is 1.53. The normalized spacial score (nSPS) is 32.1. The highest BCUT2D eigenvalue weighted by molar-refractivity contribution is 5.66. The van der Waals surface area contributed by atoms with Gasteiger partial charge in [-0.3, -0.25) is 0 Å². The Kier molecular flexibility index (Phi) is 1.52. The van der Waals surface area contributed by atoms with Gasteiger partial charge in [-0.25, -0.2) is 4.79 Å². The van der Waals surface area contributed by atoms with Crippen LogP contribution in [0.1, 0.15) is 6.42 Å². The second-order valence-corrected chi connectivity index (χ2v) is 3.60. The molecule has 2 aliphatic rings. The maximum Gasteiger partial charge on any atom is 0.407 e. The van der Waals surface area contributed by atoms with Gasteiger partial charge in [0.25, 0.3) is 0 Å². The van der Waals surface area contributed by atoms with Crippen LogP contribution in [0, 0.1) is 0 Å². The number of hydrogen-bond acceptors (Lipinski definition) is 3. The van der Waals surface area contributed by atoms with Gasteiger partial charge in [0.15, 0.2) is 0 Å². The van der Waals surface area contributed by atoms with E-state index in [0.717, 1.165) is 6.42 Å². The number of nitrogens with zero attached hydrogens (tertiary/aromatic N) is 1. The van der Waals surface area contributed by atoms with E-state index in [2.05, 4.69) is 0 Å². The minimum absolute atomic E-state index is 0.0842. The molecule has 2 rings (SSSR count). The number of ether oxygens (including phenoxy) is 1. The summed E-state index contributed by atoms with van der Waals surface area (Å²) in [6, 6.07) is 0.0842. The molecule has 0 aromatic heterocycles. The lowest BCUT2D eigenvalue weighted by atomic mass is 9.90. The number of likely N-dealkylation sites (tertiary alicyclic amines) is 1. The monoisotopic (exact) mass is 172 g/mol. The van der Waals surface area contributed by atoms with Gasteiger partial charge in [-0.05, 0) is 6.42 Å². The molecule has 2 aliphatic heterocycles. The van der Waals surface area contributed by atoms with Crippen molar-refractivity contribution in [3.63, 3.8) is 0 Å². The summed E-state index contributed by atoms with van der Waals surface area (Å²) in [7, 11) is 0. The molecule has 68 valence electrons. The van der Waals surface area contributed by atoms with Crippen LogP contribution < -0.4 is 5.73 Å². The van der Waals surface area contributed by atoms with Gasteiger partial charge < -0.3 is 20.5 Å². The summed E-state index contributed by atoms with van der Waals surface area (Å²) in [5, 5.41) is 8.58. The molecule has 12 heavy (non-hydrogen) atoms. The van der Waals surface area contributed by atoms with Crippen LogP contribution in [0.3, 0.4) is 0 Å². The van der Waals surface area contributed by atoms with Crippen molar-refractivity contribution < 1.29 is 14.6 Å². The second-order valence-electron chi connectivity index (χ2n) is 3.60. The Morgan fingerprint density at radius 2 is 2.33 bits per heavy atom. The first-order valence-electron chi connectivity index (χ1n) is 3.99. The summed E-state index contributed by atoms with van der Waals surface area (Å²) >= 11 is 0. The van der Waals surface area contributed by atoms with Gasteiger partial charge in [-0.1, -0.05) is 0 Å². The van der Waals surface area contributed by atoms with Crippen LogP contribution in [-0.2, 0) is 4.74 Å². The molecule has 1 atom stereocenters. The zero-order chi connectivity index (χ0) is 8.77. The number of rotatable bonds is 0. The van der Waals surface area contributed by atoms with E-state index in [1.165, 1.54) is 4.90 Å². The molecule has 5 nitrogen and oxygen atoms in total. The first-order valence-corrected chi connectivity index (χ1v) is 3.99. The number of nitrogens with two attached hydrogens (primary N) is 1. The largest absolute Gasteiger partial charge is 0.465 e. The molecule has 1 spiro atoms. The zero-order valence-corrected chi connectivity index (χ0v) is 6.69. The first kappa shape index (κ1) is 7.82. The molecular formula is C7H12N2O3. The molecule has 0 aromatic rings. The van der Waals surface area contributed by atoms with Gasteiger partial charge in [0.05, 0.1) is 19.7 Å². The smallest absolute Gasteiger partial charge is 0.407 e. The molecule has 1 amide bonds. The van der Waals surface area contributed by atoms with Crippen molar-refractivity contribution in [1.82, 2.24) is 4.90 Å². The maximum atomic E-state index is 10.4. The summed E-state index contributed by atoms with van der Waals surface area (Å²) in [4.78, 5) is 11.8. The molecule has 0 saturated carbocycles. The summed E-state index contributed by atoms with van der Waals surface area (Å²) in [6.07, 6.45) is -0.0822. The Morgan fingerprint density at radius 3 is 2.75 bits per heavy atom. The standard InChI is InChI=1S/C7H12N2O3/c8-5-1-7(12-2-5)3-9(4-7)6(10)11/h5H,1-4,8H2,(H,10,11)/t5-/m0/s1. The summed E-state index contributed by atoms with van der Waals surface area (Å²) in [5.41, 5.74) is 5.41. The van der Waals surface area contributed by atoms with E-state index < -0.39 is 6.09 Å². The van der Waals surface area contributed by atoms with Gasteiger partial charge in [-0.15, -0.1) is 0 Å². The van der Waals surface area contributed by atoms with Gasteiger partial charge >= 0.3 is 6.09 Å². The Morgan fingerprint density at radius 1 is 1.67 bits per heavy atom. The van der Waals surface area contributed by atoms with Crippen LogP contribution in [0.4, 0.5) is 4.79 Å². The zero-order valence-electron chi connectivity index (χ0n) is 6.69. The minimum Gasteiger partial charge on any atom is -0.465 e. The molecule has 0 radical (unpaired) electrons. The van der Waals surface area contributed by atoms with E-state index in [9.17, 15) is 4.79 Å². The van der Waals surface area contributed by atoms with Crippen molar-refractivity contribution in [3.8, 4) is 0 Å². The second kappa shape index (κ2) is 2.34. The molecule has 0 aliphatic carbocycles. The van der Waals surface area contributed by atoms with Crippen LogP contribution in [0.25, 0.3) is 0 Å². The quantitative estimate of drug-likeness (QED) is 0.515. The highest BCUT2D eigenvalue weighted by Crippen LogP contribution is 2.34. The number of carboxylic acid groups (broad SMARTS) is 1. The van der Waals surface area contributed by atoms with E-state index in [1.54, 1.807) is 0 Å². The lowest BCUT2D eigenvalue weighted by Crippen LogP contribution is -2.63. The van der Waals surface area contributed by atoms with Crippen molar-refractivity contribution in [2.75, 3.05) is 19.7 Å². The third-order valence-electron chi connectivity index (χ3n) is 2.47. The van der Waals surface area contributed by atoms with Gasteiger partial charge in [-0.2, -0.15) is 0 Å². The van der Waals surface area contributed by atoms with Gasteiger partial charge in [0.2, 0.25) is 0 Å². The Balaban J connectivity index is 1.91. The third-order valence-corrected chi connectivity index (χ3v) is 2.47. The first-order chi connectivity index (χ1) is 5.61. The van der Waals surface area contributed by atoms with Crippen molar-refractivity contribution in [2.24, 2.45) is 5.73 Å². The van der Waals surface area contributed by atoms with E-state index in [4.69, 9.17) is 15.6 Å². The molecule has 2 saturated heterocycles. The fourth-order valence-corrected chi connectivity index (χ4v) is 1.88. The Hall–Kier alpha value is -0.810. The maximum absolute atomic E-state index is 10.4. The number of carbonyl (C=O) groups is 1. The SMILES string of the molecule is N[C@@H]1COC2(C1)CN(C(=O)O)C2. The van der Waals surface area contributed by atoms with Crippen molar-refractivity contribution in [3.05, 3.63) is 0 Å². The lowest BCUT2D eigenvalue weighted by molar-refractivity contribution is -0.0981. The predicted molar refractivity (Wildman–Crippen MR) is 40.9 cm³/mol. The topological polar surface area (TPSA) is 75.8 Å². The number of amides is 1. The van der Waals surface area contributed by atoms with E-state index in [1.807, 2.05) is 0 Å². The van der Waals surface area contributed by atoms with Crippen LogP contribution in [-0.4, -0.2) is 47.4 Å². The fraction of sp³-hybridized carbons (Fsp3) is 0.857. The molecule has 0 unspecified atom stereocenters. The van der Waals surface area contributed by atoms with E-state index >= 15 is 0 Å². The number of hydrogen-bond donors (Lipinski definition) is 2. The van der Waals surface area contributed by atoms with E-state index in [0.29, 0.717) is 19.7 Å². The molecule has 2 fully saturated rings. The van der Waals surface area contributed by atoms with Gasteiger partial charge in [0, 0.05) is 6.04 Å². The summed E-state index contributed by atoms with van der Waals surface area (Å²) < 4.78 is 5.44. The highest BCUT2D eigenvalue weighted by atomic mass is 16.5. The molecule has 0 bridgehead atoms. The molecule has 5 heteroatoms. The van der Waals surface area contributed by atoms with E-state index in [-0.39, 0.29) is 11.6 Å². The Bertz CT molecular complexity index is 213. The Labute approximate surface area is 70.1 Å². The van der Waals surface area contributed by atoms with Crippen LogP contribution in [0.15, 0.2) is 0 Å². The summed E-state index contributed by atoms with van der Waals surface area (Å²) in [5.74, 6) is 0. The van der Waals surface area contributed by atoms with Crippen molar-refractivity contribution >= 4 is 6.09 Å². The fourth-order valence-electron chi connectivity index (χ4n) is 1.88. The van der Waals surface area contributed by atoms with Crippen LogP contribution in [0.2, 0.25) is 0 Å². The lowest BCUT2D eigenvalue weighted by Gasteiger charge is -2.45. The average Bonchev–Trinajstić information content (AvgIpc) is 2.27. The molecule has 2 heterocycles. The molecular weight excluding hydrogens is 160 g/mol. The highest BCUT2D eigenvalue weighted by Gasteiger charge is 2.50. The van der Waals surface area contributed by atoms with Crippen molar-refractivity contribution in [2.45, 2.75) is 18.1 Å². The van der Waals surface area contributed by atoms with Crippen molar-refractivity contribution in [1.29, 1.82) is 0 Å². The third kappa shape index (κ3) is 1.05. The molecule has 0 aromatic carbocycles. The molecule has 3 N–H and O–H groups in total. The predicted octanol–water partition coefficient (Wildman–Crippen LogP) is -0.534.